The summed E-state index contributed by atoms with van der Waals surface area (Å²) in [5.74, 6) is -1.54. The number of benzene rings is 2. The number of rotatable bonds is 5. The first-order valence-corrected chi connectivity index (χ1v) is 10.6. The van der Waals surface area contributed by atoms with Gasteiger partial charge >= 0.3 is 5.69 Å². The summed E-state index contributed by atoms with van der Waals surface area (Å²) in [6.07, 6.45) is 0. The van der Waals surface area contributed by atoms with Crippen molar-refractivity contribution < 1.29 is 13.9 Å². The molecule has 0 unspecified atom stereocenters. The zero-order chi connectivity index (χ0) is 24.0. The number of nitrogens with zero attached hydrogens (tertiary/aromatic N) is 5. The van der Waals surface area contributed by atoms with Crippen molar-refractivity contribution >= 4 is 22.5 Å². The summed E-state index contributed by atoms with van der Waals surface area (Å²) in [6.45, 7) is 4.99. The molecule has 0 aliphatic heterocycles. The summed E-state index contributed by atoms with van der Waals surface area (Å²) in [5, 5.41) is 17.8. The second-order valence-electron chi connectivity index (χ2n) is 7.65. The van der Waals surface area contributed by atoms with E-state index in [1.54, 1.807) is 20.8 Å². The van der Waals surface area contributed by atoms with E-state index in [0.717, 1.165) is 16.8 Å². The minimum absolute atomic E-state index is 0.000427. The molecule has 0 saturated heterocycles. The molecule has 2 aromatic heterocycles. The summed E-state index contributed by atoms with van der Waals surface area (Å²) < 4.78 is 33.2. The molecule has 2 aromatic carbocycles. The molecular weight excluding hydrogens is 456 g/mol. The molecule has 1 N–H and O–H groups in total. The van der Waals surface area contributed by atoms with Crippen molar-refractivity contribution in [1.82, 2.24) is 24.1 Å². The largest absolute Gasteiger partial charge is 0.388 e. The Balaban J connectivity index is 2.08. The summed E-state index contributed by atoms with van der Waals surface area (Å²) >= 11 is 6.15. The maximum atomic E-state index is 15.2. The molecule has 0 aliphatic carbocycles. The Hall–Kier alpha value is -3.37. The van der Waals surface area contributed by atoms with E-state index in [2.05, 4.69) is 10.2 Å². The highest BCUT2D eigenvalue weighted by Gasteiger charge is 2.23. The van der Waals surface area contributed by atoms with Crippen LogP contribution in [0.2, 0.25) is 5.02 Å². The van der Waals surface area contributed by atoms with E-state index in [4.69, 9.17) is 11.6 Å². The van der Waals surface area contributed by atoms with Gasteiger partial charge in [0.2, 0.25) is 5.43 Å². The van der Waals surface area contributed by atoms with Crippen LogP contribution in [0.3, 0.4) is 0 Å². The molecule has 0 atom stereocenters. The van der Waals surface area contributed by atoms with E-state index in [-0.39, 0.29) is 51.3 Å². The Labute approximate surface area is 191 Å². The molecule has 0 spiro atoms. The van der Waals surface area contributed by atoms with Gasteiger partial charge in [0, 0.05) is 12.6 Å². The molecule has 2 heterocycles. The maximum absolute atomic E-state index is 15.2. The summed E-state index contributed by atoms with van der Waals surface area (Å²) in [5.41, 5.74) is -1.74. The van der Waals surface area contributed by atoms with Gasteiger partial charge in [-0.3, -0.25) is 14.0 Å². The summed E-state index contributed by atoms with van der Waals surface area (Å²) in [7, 11) is 0. The molecule has 0 aliphatic rings. The monoisotopic (exact) mass is 475 g/mol. The van der Waals surface area contributed by atoms with Crippen LogP contribution in [0, 0.1) is 11.6 Å². The van der Waals surface area contributed by atoms with Gasteiger partial charge in [-0.2, -0.15) is 9.78 Å². The number of hydrogen-bond acceptors (Lipinski definition) is 5. The zero-order valence-corrected chi connectivity index (χ0v) is 18.8. The van der Waals surface area contributed by atoms with E-state index >= 15 is 4.39 Å². The van der Waals surface area contributed by atoms with Gasteiger partial charge in [-0.05, 0) is 45.0 Å². The molecule has 4 aromatic rings. The lowest BCUT2D eigenvalue weighted by atomic mass is 10.1. The predicted molar refractivity (Wildman–Crippen MR) is 120 cm³/mol. The summed E-state index contributed by atoms with van der Waals surface area (Å²) in [4.78, 5) is 26.0. The van der Waals surface area contributed by atoms with E-state index in [0.29, 0.717) is 0 Å². The molecule has 0 bridgehead atoms. The van der Waals surface area contributed by atoms with Gasteiger partial charge in [-0.15, -0.1) is 5.10 Å². The molecule has 8 nitrogen and oxygen atoms in total. The van der Waals surface area contributed by atoms with Gasteiger partial charge < -0.3 is 5.11 Å². The van der Waals surface area contributed by atoms with E-state index in [9.17, 15) is 19.1 Å². The summed E-state index contributed by atoms with van der Waals surface area (Å²) in [6, 6.07) is 5.95. The lowest BCUT2D eigenvalue weighted by Crippen LogP contribution is -2.25. The Kier molecular flexibility index (Phi) is 5.89. The fourth-order valence-corrected chi connectivity index (χ4v) is 3.98. The highest BCUT2D eigenvalue weighted by atomic mass is 35.5. The number of aromatic nitrogens is 5. The van der Waals surface area contributed by atoms with Crippen LogP contribution in [0.4, 0.5) is 8.78 Å². The van der Waals surface area contributed by atoms with E-state index < -0.39 is 29.4 Å². The Morgan fingerprint density at radius 1 is 1.12 bits per heavy atom. The van der Waals surface area contributed by atoms with Crippen molar-refractivity contribution in [2.75, 3.05) is 0 Å². The Morgan fingerprint density at radius 3 is 2.42 bits per heavy atom. The number of aliphatic hydroxyl groups excluding tert-OH is 1. The van der Waals surface area contributed by atoms with E-state index in [1.165, 1.54) is 27.4 Å². The van der Waals surface area contributed by atoms with Crippen LogP contribution in [0.1, 0.15) is 32.6 Å². The van der Waals surface area contributed by atoms with E-state index in [1.807, 2.05) is 0 Å². The van der Waals surface area contributed by atoms with Crippen molar-refractivity contribution in [3.63, 3.8) is 0 Å². The van der Waals surface area contributed by atoms with Crippen molar-refractivity contribution in [3.8, 4) is 16.9 Å². The lowest BCUT2D eigenvalue weighted by molar-refractivity contribution is 0.264. The van der Waals surface area contributed by atoms with Gasteiger partial charge in [0.05, 0.1) is 21.5 Å². The third-order valence-corrected chi connectivity index (χ3v) is 5.61. The standard InChI is InChI=1S/C22H20ClF2N5O3/c1-4-28-18(10-31)26-30(22(28)33)17-9-16-12(8-15(17)25)21(32)20(27-29(16)11(2)3)19-13(23)6-5-7-14(19)24/h5-9,11,31H,4,10H2,1-3H3. The Morgan fingerprint density at radius 2 is 1.85 bits per heavy atom. The molecule has 172 valence electrons. The molecule has 11 heteroatoms. The number of aliphatic hydroxyl groups is 1. The average Bonchev–Trinajstić information content (AvgIpc) is 3.10. The molecule has 0 radical (unpaired) electrons. The fourth-order valence-electron chi connectivity index (χ4n) is 3.73. The van der Waals surface area contributed by atoms with Crippen LogP contribution in [0.25, 0.3) is 27.8 Å². The third-order valence-electron chi connectivity index (χ3n) is 5.29. The first-order chi connectivity index (χ1) is 15.7. The second kappa shape index (κ2) is 8.53. The number of hydrogen-bond donors (Lipinski definition) is 1. The van der Waals surface area contributed by atoms with Crippen molar-refractivity contribution in [2.45, 2.75) is 40.0 Å². The molecule has 4 rings (SSSR count). The smallest absolute Gasteiger partial charge is 0.350 e. The molecule has 0 amide bonds. The SMILES string of the molecule is CCn1c(CO)nn(-c2cc3c(cc2F)c(=O)c(-c2c(F)cccc2Cl)nn3C(C)C)c1=O. The minimum Gasteiger partial charge on any atom is -0.388 e. The average molecular weight is 476 g/mol. The van der Waals surface area contributed by atoms with Crippen LogP contribution in [-0.2, 0) is 13.2 Å². The quantitative estimate of drug-likeness (QED) is 0.477. The van der Waals surface area contributed by atoms with Crippen LogP contribution in [0.15, 0.2) is 39.9 Å². The van der Waals surface area contributed by atoms with Crippen LogP contribution >= 0.6 is 11.6 Å². The fraction of sp³-hybridized carbons (Fsp3) is 0.273. The van der Waals surface area contributed by atoms with Crippen LogP contribution in [0.5, 0.6) is 0 Å². The second-order valence-corrected chi connectivity index (χ2v) is 8.05. The molecule has 33 heavy (non-hydrogen) atoms. The van der Waals surface area contributed by atoms with Crippen LogP contribution in [-0.4, -0.2) is 29.2 Å². The highest BCUT2D eigenvalue weighted by molar-refractivity contribution is 6.33. The number of fused-ring (bicyclic) bond motifs is 1. The molecular formula is C22H20ClF2N5O3. The minimum atomic E-state index is -0.890. The first kappa shape index (κ1) is 22.8. The molecule has 0 saturated carbocycles. The normalized spacial score (nSPS) is 11.6. The number of halogens is 3. The predicted octanol–water partition coefficient (Wildman–Crippen LogP) is 3.44. The van der Waals surface area contributed by atoms with Crippen molar-refractivity contribution in [3.05, 3.63) is 73.5 Å². The zero-order valence-electron chi connectivity index (χ0n) is 18.0. The van der Waals surface area contributed by atoms with Gasteiger partial charge in [0.1, 0.15) is 29.6 Å². The van der Waals surface area contributed by atoms with Crippen LogP contribution < -0.4 is 11.1 Å². The Bertz CT molecular complexity index is 1490. The highest BCUT2D eigenvalue weighted by Crippen LogP contribution is 2.30. The van der Waals surface area contributed by atoms with Gasteiger partial charge in [-0.25, -0.2) is 13.6 Å². The van der Waals surface area contributed by atoms with Gasteiger partial charge in [0.15, 0.2) is 5.82 Å². The van der Waals surface area contributed by atoms with Crippen molar-refractivity contribution in [1.29, 1.82) is 0 Å². The first-order valence-electron chi connectivity index (χ1n) is 10.2. The van der Waals surface area contributed by atoms with Gasteiger partial charge in [-0.1, -0.05) is 17.7 Å². The van der Waals surface area contributed by atoms with Gasteiger partial charge in [0.25, 0.3) is 0 Å². The maximum Gasteiger partial charge on any atom is 0.350 e. The lowest BCUT2D eigenvalue weighted by Gasteiger charge is -2.17. The topological polar surface area (TPSA) is 94.9 Å². The molecule has 0 fully saturated rings. The third kappa shape index (κ3) is 3.65. The van der Waals surface area contributed by atoms with Crippen molar-refractivity contribution in [2.24, 2.45) is 0 Å².